The largest absolute Gasteiger partial charge is 0.491 e. The molecule has 1 aromatic heterocycles. The van der Waals surface area contributed by atoms with Crippen molar-refractivity contribution in [2.24, 2.45) is 5.92 Å². The van der Waals surface area contributed by atoms with E-state index in [0.29, 0.717) is 38.3 Å². The number of carbonyl (C=O) groups excluding carboxylic acids is 3. The number of piperazine rings is 1. The Bertz CT molecular complexity index is 1600. The van der Waals surface area contributed by atoms with Crippen molar-refractivity contribution in [3.05, 3.63) is 83.9 Å². The summed E-state index contributed by atoms with van der Waals surface area (Å²) in [4.78, 5) is 48.2. The summed E-state index contributed by atoms with van der Waals surface area (Å²) in [5, 5.41) is 0. The highest BCUT2D eigenvalue weighted by Gasteiger charge is 2.58. The quantitative estimate of drug-likeness (QED) is 0.143. The number of unbranched alkanes of at least 4 members (excludes halogenated alkanes) is 1. The minimum absolute atomic E-state index is 0.0198. The average Bonchev–Trinajstić information content (AvgIpc) is 3.55. The van der Waals surface area contributed by atoms with E-state index in [0.717, 1.165) is 27.5 Å². The van der Waals surface area contributed by atoms with Crippen molar-refractivity contribution in [3.63, 3.8) is 0 Å². The second-order valence-corrected chi connectivity index (χ2v) is 12.2. The number of amides is 2. The van der Waals surface area contributed by atoms with Gasteiger partial charge in [0.15, 0.2) is 6.17 Å². The first-order chi connectivity index (χ1) is 22.7. The monoisotopic (exact) mass is 679 g/mol. The molecule has 0 spiro atoms. The number of alkyl halides is 6. The average molecular weight is 680 g/mol. The molecule has 3 atom stereocenters. The number of halogens is 6. The number of hydrogen-bond acceptors (Lipinski definition) is 6. The highest BCUT2D eigenvalue weighted by molar-refractivity contribution is 6.05. The smallest absolute Gasteiger partial charge is 0.430 e. The lowest BCUT2D eigenvalue weighted by Crippen LogP contribution is -2.76. The molecular weight excluding hydrogens is 644 g/mol. The fourth-order valence-corrected chi connectivity index (χ4v) is 6.34. The van der Waals surface area contributed by atoms with Crippen molar-refractivity contribution in [1.29, 1.82) is 0 Å². The minimum atomic E-state index is -5.42. The highest BCUT2D eigenvalue weighted by atomic mass is 19.4. The molecule has 0 bridgehead atoms. The molecule has 0 aliphatic carbocycles. The number of nitrogens with zero attached hydrogens (tertiary/aromatic N) is 5. The van der Waals surface area contributed by atoms with Crippen LogP contribution in [0, 0.1) is 5.92 Å². The van der Waals surface area contributed by atoms with E-state index >= 15 is 0 Å². The molecule has 0 radical (unpaired) electrons. The maximum atomic E-state index is 14.1. The SMILES string of the molecule is CC(C)[C@H]1C(=O)N(CCCCc2ccccc2)C(OC(=O)C(F)(F)F)C2N(CCCn3ccnc3)c3ccc(C(F)(F)F)cc3C(=O)N21. The van der Waals surface area contributed by atoms with Gasteiger partial charge in [0.2, 0.25) is 12.1 Å². The summed E-state index contributed by atoms with van der Waals surface area (Å²) >= 11 is 0. The van der Waals surface area contributed by atoms with E-state index in [-0.39, 0.29) is 24.3 Å². The summed E-state index contributed by atoms with van der Waals surface area (Å²) < 4.78 is 89.3. The molecule has 2 unspecified atom stereocenters. The standard InChI is InChI=1S/C33H35F6N5O4/c1-21(2)26-29(46)43(16-7-6-11-22-9-4-3-5-10-22)30(48-31(47)33(37,38)39)27-42(17-8-15-41-18-14-40-20-41)25-13-12-23(32(34,35)36)19-24(25)28(45)44(26)27/h3-5,9-10,12-14,18-21,26-27,30H,6-8,11,15-17H2,1-2H3/t26-,27?,30?/m0/s1. The molecule has 3 heterocycles. The molecule has 2 aromatic carbocycles. The van der Waals surface area contributed by atoms with E-state index in [1.165, 1.54) is 4.90 Å². The number of hydrogen-bond donors (Lipinski definition) is 0. The number of fused-ring (bicyclic) bond motifs is 2. The zero-order chi connectivity index (χ0) is 34.8. The molecule has 0 saturated carbocycles. The Balaban J connectivity index is 1.58. The number of imidazole rings is 1. The van der Waals surface area contributed by atoms with Crippen LogP contribution in [-0.4, -0.2) is 74.8 Å². The van der Waals surface area contributed by atoms with Crippen molar-refractivity contribution in [1.82, 2.24) is 19.4 Å². The van der Waals surface area contributed by atoms with Gasteiger partial charge in [0, 0.05) is 32.0 Å². The van der Waals surface area contributed by atoms with E-state index in [1.54, 1.807) is 37.1 Å². The fraction of sp³-hybridized carbons (Fsp3) is 0.455. The van der Waals surface area contributed by atoms with Gasteiger partial charge < -0.3 is 24.0 Å². The Morgan fingerprint density at radius 1 is 0.917 bits per heavy atom. The maximum absolute atomic E-state index is 14.1. The van der Waals surface area contributed by atoms with E-state index in [9.17, 15) is 40.7 Å². The van der Waals surface area contributed by atoms with Crippen molar-refractivity contribution < 1.29 is 45.5 Å². The second kappa shape index (κ2) is 13.9. The Morgan fingerprint density at radius 2 is 1.62 bits per heavy atom. The first-order valence-corrected chi connectivity index (χ1v) is 15.6. The number of carbonyl (C=O) groups is 3. The minimum Gasteiger partial charge on any atom is -0.430 e. The molecule has 15 heteroatoms. The van der Waals surface area contributed by atoms with Crippen LogP contribution in [0.1, 0.15) is 54.6 Å². The normalized spacial score (nSPS) is 19.9. The highest BCUT2D eigenvalue weighted by Crippen LogP contribution is 2.42. The molecule has 258 valence electrons. The Morgan fingerprint density at radius 3 is 2.25 bits per heavy atom. The molecule has 9 nitrogen and oxygen atoms in total. The molecular formula is C33H35F6N5O4. The van der Waals surface area contributed by atoms with Crippen LogP contribution >= 0.6 is 0 Å². The summed E-state index contributed by atoms with van der Waals surface area (Å²) in [6.45, 7) is 3.56. The number of anilines is 1. The van der Waals surface area contributed by atoms with Crippen LogP contribution in [0.15, 0.2) is 67.3 Å². The van der Waals surface area contributed by atoms with E-state index in [2.05, 4.69) is 4.98 Å². The van der Waals surface area contributed by atoms with Gasteiger partial charge in [0.05, 0.1) is 23.1 Å². The Kier molecular flexibility index (Phi) is 10.1. The van der Waals surface area contributed by atoms with Crippen LogP contribution in [0.25, 0.3) is 0 Å². The van der Waals surface area contributed by atoms with Gasteiger partial charge in [-0.25, -0.2) is 9.78 Å². The predicted octanol–water partition coefficient (Wildman–Crippen LogP) is 5.90. The first kappa shape index (κ1) is 34.8. The topological polar surface area (TPSA) is 88.0 Å². The molecule has 0 N–H and O–H groups in total. The lowest BCUT2D eigenvalue weighted by Gasteiger charge is -2.57. The van der Waals surface area contributed by atoms with Crippen LogP contribution in [0.2, 0.25) is 0 Å². The van der Waals surface area contributed by atoms with Gasteiger partial charge in [-0.05, 0) is 55.4 Å². The number of rotatable bonds is 11. The van der Waals surface area contributed by atoms with E-state index in [4.69, 9.17) is 4.74 Å². The lowest BCUT2D eigenvalue weighted by atomic mass is 9.91. The van der Waals surface area contributed by atoms with E-state index < -0.39 is 60.1 Å². The van der Waals surface area contributed by atoms with Crippen LogP contribution in [0.3, 0.4) is 0 Å². The van der Waals surface area contributed by atoms with Gasteiger partial charge in [0.1, 0.15) is 6.04 Å². The second-order valence-electron chi connectivity index (χ2n) is 12.2. The number of aryl methyl sites for hydroxylation is 2. The molecule has 1 fully saturated rings. The third-order valence-corrected chi connectivity index (χ3v) is 8.52. The Labute approximate surface area is 273 Å². The third-order valence-electron chi connectivity index (χ3n) is 8.52. The molecule has 5 rings (SSSR count). The van der Waals surface area contributed by atoms with Crippen molar-refractivity contribution in [3.8, 4) is 0 Å². The fourth-order valence-electron chi connectivity index (χ4n) is 6.34. The zero-order valence-electron chi connectivity index (χ0n) is 26.2. The Hall–Kier alpha value is -4.56. The number of aromatic nitrogens is 2. The summed E-state index contributed by atoms with van der Waals surface area (Å²) in [7, 11) is 0. The lowest BCUT2D eigenvalue weighted by molar-refractivity contribution is -0.223. The molecule has 2 aliphatic rings. The summed E-state index contributed by atoms with van der Waals surface area (Å²) in [5.74, 6) is -4.89. The van der Waals surface area contributed by atoms with Crippen LogP contribution < -0.4 is 4.90 Å². The summed E-state index contributed by atoms with van der Waals surface area (Å²) in [5.41, 5.74) is -0.422. The first-order valence-electron chi connectivity index (χ1n) is 15.6. The van der Waals surface area contributed by atoms with Crippen LogP contribution in [0.5, 0.6) is 0 Å². The number of ether oxygens (including phenoxy) is 1. The zero-order valence-corrected chi connectivity index (χ0v) is 26.2. The van der Waals surface area contributed by atoms with Crippen molar-refractivity contribution in [2.75, 3.05) is 18.0 Å². The van der Waals surface area contributed by atoms with E-state index in [1.807, 2.05) is 30.3 Å². The van der Waals surface area contributed by atoms with Crippen molar-refractivity contribution in [2.45, 2.75) is 76.9 Å². The predicted molar refractivity (Wildman–Crippen MR) is 161 cm³/mol. The third kappa shape index (κ3) is 7.29. The molecule has 2 amide bonds. The van der Waals surface area contributed by atoms with Gasteiger partial charge in [-0.15, -0.1) is 0 Å². The van der Waals surface area contributed by atoms with Gasteiger partial charge in [-0.3, -0.25) is 9.59 Å². The summed E-state index contributed by atoms with van der Waals surface area (Å²) in [6.07, 6.45) is -6.99. The number of benzene rings is 2. The van der Waals surface area contributed by atoms with Gasteiger partial charge >= 0.3 is 18.3 Å². The van der Waals surface area contributed by atoms with Crippen LogP contribution in [0.4, 0.5) is 32.0 Å². The molecule has 3 aromatic rings. The van der Waals surface area contributed by atoms with Gasteiger partial charge in [-0.2, -0.15) is 26.3 Å². The number of esters is 1. The summed E-state index contributed by atoms with van der Waals surface area (Å²) in [6, 6.07) is 10.7. The van der Waals surface area contributed by atoms with Crippen LogP contribution in [-0.2, 0) is 33.5 Å². The van der Waals surface area contributed by atoms with Gasteiger partial charge in [0.25, 0.3) is 5.91 Å². The van der Waals surface area contributed by atoms with Crippen molar-refractivity contribution >= 4 is 23.5 Å². The van der Waals surface area contributed by atoms with Gasteiger partial charge in [-0.1, -0.05) is 44.2 Å². The molecule has 2 aliphatic heterocycles. The molecule has 1 saturated heterocycles. The molecule has 48 heavy (non-hydrogen) atoms. The maximum Gasteiger partial charge on any atom is 0.491 e.